The number of hydrogen-bond donors (Lipinski definition) is 0. The van der Waals surface area contributed by atoms with E-state index in [2.05, 4.69) is 6.07 Å². The van der Waals surface area contributed by atoms with Gasteiger partial charge in [-0.2, -0.15) is 5.26 Å². The summed E-state index contributed by atoms with van der Waals surface area (Å²) in [6.45, 7) is 1.01. The number of carbonyl (C=O) groups is 1. The Morgan fingerprint density at radius 3 is 3.00 bits per heavy atom. The fraction of sp³-hybridized carbons (Fsp3) is 0.273. The Balaban J connectivity index is 2.42. The van der Waals surface area contributed by atoms with E-state index in [4.69, 9.17) is 5.26 Å². The predicted octanol–water partition coefficient (Wildman–Crippen LogP) is 1.60. The van der Waals surface area contributed by atoms with Gasteiger partial charge in [0.05, 0.1) is 6.07 Å². The maximum atomic E-state index is 11.5. The van der Waals surface area contributed by atoms with Crippen LogP contribution in [0.15, 0.2) is 24.3 Å². The second-order valence-electron chi connectivity index (χ2n) is 3.27. The molecule has 1 aromatic carbocycles. The van der Waals surface area contributed by atoms with Crippen molar-refractivity contribution < 1.29 is 4.79 Å². The fourth-order valence-electron chi connectivity index (χ4n) is 1.73. The molecule has 0 amide bonds. The first-order valence-corrected chi connectivity index (χ1v) is 4.57. The molecule has 0 bridgehead atoms. The van der Waals surface area contributed by atoms with E-state index in [1.54, 1.807) is 0 Å². The van der Waals surface area contributed by atoms with Crippen LogP contribution in [0.25, 0.3) is 0 Å². The van der Waals surface area contributed by atoms with E-state index in [0.29, 0.717) is 19.5 Å². The predicted molar refractivity (Wildman–Crippen MR) is 53.2 cm³/mol. The molecule has 0 saturated heterocycles. The zero-order valence-electron chi connectivity index (χ0n) is 7.73. The number of rotatable bonds is 1. The van der Waals surface area contributed by atoms with Gasteiger partial charge in [0.25, 0.3) is 0 Å². The van der Waals surface area contributed by atoms with Gasteiger partial charge in [-0.1, -0.05) is 12.1 Å². The molecule has 1 aliphatic heterocycles. The summed E-state index contributed by atoms with van der Waals surface area (Å²) >= 11 is 0. The normalized spacial score (nSPS) is 14.8. The maximum Gasteiger partial charge on any atom is 0.166 e. The minimum absolute atomic E-state index is 0.176. The van der Waals surface area contributed by atoms with Gasteiger partial charge < -0.3 is 4.90 Å². The number of benzene rings is 1. The first-order chi connectivity index (χ1) is 6.83. The van der Waals surface area contributed by atoms with Gasteiger partial charge in [-0.25, -0.2) is 0 Å². The molecule has 0 atom stereocenters. The molecule has 0 unspecified atom stereocenters. The Kier molecular flexibility index (Phi) is 2.19. The summed E-state index contributed by atoms with van der Waals surface area (Å²) < 4.78 is 0. The summed E-state index contributed by atoms with van der Waals surface area (Å²) in [5, 5.41) is 8.63. The first kappa shape index (κ1) is 8.76. The fourth-order valence-corrected chi connectivity index (χ4v) is 1.73. The third kappa shape index (κ3) is 1.35. The Morgan fingerprint density at radius 2 is 2.21 bits per heavy atom. The minimum atomic E-state index is 0.176. The summed E-state index contributed by atoms with van der Waals surface area (Å²) in [5.41, 5.74) is 1.64. The monoisotopic (exact) mass is 186 g/mol. The van der Waals surface area contributed by atoms with Crippen LogP contribution in [0.2, 0.25) is 0 Å². The molecule has 0 radical (unpaired) electrons. The van der Waals surface area contributed by atoms with Crippen molar-refractivity contribution in [3.63, 3.8) is 0 Å². The zero-order valence-corrected chi connectivity index (χ0v) is 7.73. The molecular weight excluding hydrogens is 176 g/mol. The van der Waals surface area contributed by atoms with Gasteiger partial charge in [-0.05, 0) is 12.1 Å². The summed E-state index contributed by atoms with van der Waals surface area (Å²) in [6, 6.07) is 9.57. The summed E-state index contributed by atoms with van der Waals surface area (Å²) in [7, 11) is 0. The van der Waals surface area contributed by atoms with Gasteiger partial charge in [0.15, 0.2) is 5.78 Å². The number of Topliss-reactive ketones (excluding diaryl/α,β-unsaturated/α-hetero) is 1. The molecule has 1 aromatic rings. The number of anilines is 1. The Hall–Kier alpha value is -1.82. The summed E-state index contributed by atoms with van der Waals surface area (Å²) in [4.78, 5) is 13.5. The molecule has 2 rings (SSSR count). The van der Waals surface area contributed by atoms with Crippen molar-refractivity contribution in [1.82, 2.24) is 0 Å². The van der Waals surface area contributed by atoms with Crippen molar-refractivity contribution >= 4 is 11.5 Å². The van der Waals surface area contributed by atoms with E-state index in [9.17, 15) is 4.79 Å². The van der Waals surface area contributed by atoms with Gasteiger partial charge in [0.1, 0.15) is 6.54 Å². The lowest BCUT2D eigenvalue weighted by atomic mass is 10.0. The Bertz CT molecular complexity index is 406. The third-order valence-electron chi connectivity index (χ3n) is 2.42. The van der Waals surface area contributed by atoms with Crippen LogP contribution >= 0.6 is 0 Å². The molecule has 1 aliphatic rings. The number of nitrogens with zero attached hydrogens (tertiary/aromatic N) is 2. The molecule has 1 heterocycles. The molecule has 0 aliphatic carbocycles. The van der Waals surface area contributed by atoms with Crippen molar-refractivity contribution in [2.45, 2.75) is 6.42 Å². The average Bonchev–Trinajstić information content (AvgIpc) is 2.23. The second-order valence-corrected chi connectivity index (χ2v) is 3.27. The van der Waals surface area contributed by atoms with Gasteiger partial charge in [-0.3, -0.25) is 4.79 Å². The van der Waals surface area contributed by atoms with E-state index in [1.807, 2.05) is 29.2 Å². The lowest BCUT2D eigenvalue weighted by molar-refractivity contribution is 0.0980. The summed E-state index contributed by atoms with van der Waals surface area (Å²) in [6.07, 6.45) is 0.513. The van der Waals surface area contributed by atoms with Crippen LogP contribution in [0.1, 0.15) is 16.8 Å². The van der Waals surface area contributed by atoms with Gasteiger partial charge in [-0.15, -0.1) is 0 Å². The molecule has 0 spiro atoms. The lowest BCUT2D eigenvalue weighted by Crippen LogP contribution is -2.32. The van der Waals surface area contributed by atoms with Crippen LogP contribution < -0.4 is 4.90 Å². The molecule has 3 heteroatoms. The molecule has 0 fully saturated rings. The highest BCUT2D eigenvalue weighted by atomic mass is 16.1. The number of para-hydroxylation sites is 1. The van der Waals surface area contributed by atoms with E-state index in [1.165, 1.54) is 0 Å². The maximum absolute atomic E-state index is 11.5. The third-order valence-corrected chi connectivity index (χ3v) is 2.42. The van der Waals surface area contributed by atoms with E-state index in [0.717, 1.165) is 11.3 Å². The highest BCUT2D eigenvalue weighted by molar-refractivity contribution is 6.03. The molecule has 0 aromatic heterocycles. The number of carbonyl (C=O) groups excluding carboxylic acids is 1. The Morgan fingerprint density at radius 1 is 1.43 bits per heavy atom. The topological polar surface area (TPSA) is 44.1 Å². The minimum Gasteiger partial charge on any atom is -0.357 e. The smallest absolute Gasteiger partial charge is 0.166 e. The highest BCUT2D eigenvalue weighted by Crippen LogP contribution is 2.25. The highest BCUT2D eigenvalue weighted by Gasteiger charge is 2.21. The average molecular weight is 186 g/mol. The second kappa shape index (κ2) is 3.51. The zero-order chi connectivity index (χ0) is 9.97. The molecule has 14 heavy (non-hydrogen) atoms. The Labute approximate surface area is 82.6 Å². The number of ketones is 1. The van der Waals surface area contributed by atoms with Crippen molar-refractivity contribution in [3.8, 4) is 6.07 Å². The van der Waals surface area contributed by atoms with E-state index in [-0.39, 0.29) is 5.78 Å². The van der Waals surface area contributed by atoms with Gasteiger partial charge in [0.2, 0.25) is 0 Å². The van der Waals surface area contributed by atoms with Crippen molar-refractivity contribution in [3.05, 3.63) is 29.8 Å². The van der Waals surface area contributed by atoms with Crippen LogP contribution in [0, 0.1) is 11.3 Å². The molecule has 0 N–H and O–H groups in total. The molecule has 0 saturated carbocycles. The first-order valence-electron chi connectivity index (χ1n) is 4.57. The van der Waals surface area contributed by atoms with Gasteiger partial charge >= 0.3 is 0 Å². The van der Waals surface area contributed by atoms with Crippen molar-refractivity contribution in [2.24, 2.45) is 0 Å². The van der Waals surface area contributed by atoms with Gasteiger partial charge in [0, 0.05) is 24.2 Å². The van der Waals surface area contributed by atoms with E-state index >= 15 is 0 Å². The SMILES string of the molecule is N#CCN1CCC(=O)c2ccccc21. The van der Waals surface area contributed by atoms with Crippen LogP contribution in [-0.4, -0.2) is 18.9 Å². The number of nitriles is 1. The largest absolute Gasteiger partial charge is 0.357 e. The van der Waals surface area contributed by atoms with Crippen molar-refractivity contribution in [1.29, 1.82) is 5.26 Å². The summed E-state index contributed by atoms with van der Waals surface area (Å²) in [5.74, 6) is 0.176. The lowest BCUT2D eigenvalue weighted by Gasteiger charge is -2.27. The van der Waals surface area contributed by atoms with Crippen LogP contribution in [0.4, 0.5) is 5.69 Å². The van der Waals surface area contributed by atoms with Crippen LogP contribution in [0.3, 0.4) is 0 Å². The van der Waals surface area contributed by atoms with Crippen LogP contribution in [0.5, 0.6) is 0 Å². The number of hydrogen-bond acceptors (Lipinski definition) is 3. The number of fused-ring (bicyclic) bond motifs is 1. The standard InChI is InChI=1S/C11H10N2O/c12-6-8-13-7-5-11(14)9-3-1-2-4-10(9)13/h1-4H,5,7-8H2. The molecule has 70 valence electrons. The van der Waals surface area contributed by atoms with Crippen molar-refractivity contribution in [2.75, 3.05) is 18.0 Å². The molecular formula is C11H10N2O. The van der Waals surface area contributed by atoms with Crippen LogP contribution in [-0.2, 0) is 0 Å². The molecule has 3 nitrogen and oxygen atoms in total. The quantitative estimate of drug-likeness (QED) is 0.626. The van der Waals surface area contributed by atoms with E-state index < -0.39 is 0 Å².